The summed E-state index contributed by atoms with van der Waals surface area (Å²) in [7, 11) is -1.47. The summed E-state index contributed by atoms with van der Waals surface area (Å²) in [5.74, 6) is -0.369. The van der Waals surface area contributed by atoms with Crippen molar-refractivity contribution in [2.24, 2.45) is 5.92 Å². The first kappa shape index (κ1) is 17.5. The van der Waals surface area contributed by atoms with E-state index in [1.807, 2.05) is 26.0 Å². The Labute approximate surface area is 128 Å². The molecule has 6 heteroatoms. The van der Waals surface area contributed by atoms with Crippen molar-refractivity contribution in [1.29, 1.82) is 0 Å². The maximum atomic E-state index is 12.3. The highest BCUT2D eigenvalue weighted by Crippen LogP contribution is 2.10. The molecule has 1 amide bonds. The quantitative estimate of drug-likeness (QED) is 0.709. The van der Waals surface area contributed by atoms with E-state index in [1.165, 1.54) is 5.56 Å². The van der Waals surface area contributed by atoms with Gasteiger partial charge in [-0.3, -0.25) is 4.79 Å². The molecular formula is C15H22N2O3S. The minimum atomic E-state index is -1.47. The number of hydrogen-bond donors (Lipinski definition) is 2. The standard InChI is InChI=1S/C15H22N2O3S/c1-4-12-5-7-13(8-6-12)21(20)17-14(11(2)3)15(19)16-9-10-18/h5-8,10-11,14,17H,4,9H2,1-3H3,(H,16,19). The minimum Gasteiger partial charge on any atom is -0.348 e. The van der Waals surface area contributed by atoms with E-state index in [-0.39, 0.29) is 18.4 Å². The molecule has 0 aliphatic rings. The number of carbonyl (C=O) groups is 2. The molecule has 1 aromatic carbocycles. The summed E-state index contributed by atoms with van der Waals surface area (Å²) in [6.45, 7) is 5.73. The monoisotopic (exact) mass is 310 g/mol. The number of aldehydes is 1. The van der Waals surface area contributed by atoms with E-state index in [0.717, 1.165) is 6.42 Å². The lowest BCUT2D eigenvalue weighted by Crippen LogP contribution is -2.48. The Bertz CT molecular complexity index is 500. The van der Waals surface area contributed by atoms with Gasteiger partial charge in [0.2, 0.25) is 5.91 Å². The number of carbonyl (C=O) groups excluding carboxylic acids is 2. The Morgan fingerprint density at radius 1 is 1.29 bits per heavy atom. The van der Waals surface area contributed by atoms with Crippen LogP contribution in [0.25, 0.3) is 0 Å². The maximum Gasteiger partial charge on any atom is 0.238 e. The summed E-state index contributed by atoms with van der Waals surface area (Å²) in [6, 6.07) is 6.82. The molecule has 2 unspecified atom stereocenters. The van der Waals surface area contributed by atoms with Crippen LogP contribution in [0.15, 0.2) is 29.2 Å². The van der Waals surface area contributed by atoms with E-state index in [9.17, 15) is 13.8 Å². The van der Waals surface area contributed by atoms with Crippen molar-refractivity contribution < 1.29 is 13.8 Å². The van der Waals surface area contributed by atoms with Gasteiger partial charge in [-0.2, -0.15) is 0 Å². The fraction of sp³-hybridized carbons (Fsp3) is 0.467. The molecule has 1 rings (SSSR count). The van der Waals surface area contributed by atoms with Gasteiger partial charge in [0.15, 0.2) is 0 Å². The molecule has 0 aliphatic carbocycles. The van der Waals surface area contributed by atoms with Gasteiger partial charge in [0.25, 0.3) is 0 Å². The molecule has 0 saturated heterocycles. The van der Waals surface area contributed by atoms with Gasteiger partial charge < -0.3 is 10.1 Å². The predicted molar refractivity (Wildman–Crippen MR) is 83.1 cm³/mol. The van der Waals surface area contributed by atoms with E-state index in [2.05, 4.69) is 17.0 Å². The van der Waals surface area contributed by atoms with Gasteiger partial charge >= 0.3 is 0 Å². The van der Waals surface area contributed by atoms with Crippen LogP contribution in [0.1, 0.15) is 26.3 Å². The molecule has 0 radical (unpaired) electrons. The SMILES string of the molecule is CCc1ccc(S(=O)NC(C(=O)NCC=O)C(C)C)cc1. The lowest BCUT2D eigenvalue weighted by Gasteiger charge is -2.20. The highest BCUT2D eigenvalue weighted by Gasteiger charge is 2.24. The van der Waals surface area contributed by atoms with E-state index in [0.29, 0.717) is 11.2 Å². The average Bonchev–Trinajstić information content (AvgIpc) is 2.49. The lowest BCUT2D eigenvalue weighted by atomic mass is 10.1. The number of nitrogens with one attached hydrogen (secondary N) is 2. The predicted octanol–water partition coefficient (Wildman–Crippen LogP) is 1.20. The van der Waals surface area contributed by atoms with Crippen LogP contribution in [-0.2, 0) is 27.0 Å². The Balaban J connectivity index is 2.75. The zero-order valence-corrected chi connectivity index (χ0v) is 13.4. The summed E-state index contributed by atoms with van der Waals surface area (Å²) in [5.41, 5.74) is 1.17. The molecule has 5 nitrogen and oxygen atoms in total. The van der Waals surface area contributed by atoms with Gasteiger partial charge in [0.05, 0.1) is 11.4 Å². The van der Waals surface area contributed by atoms with E-state index in [1.54, 1.807) is 12.1 Å². The second-order valence-electron chi connectivity index (χ2n) is 5.02. The van der Waals surface area contributed by atoms with Gasteiger partial charge in [0.1, 0.15) is 23.3 Å². The minimum absolute atomic E-state index is 0.0401. The fourth-order valence-electron chi connectivity index (χ4n) is 1.78. The summed E-state index contributed by atoms with van der Waals surface area (Å²) in [4.78, 5) is 22.9. The van der Waals surface area contributed by atoms with Crippen molar-refractivity contribution in [3.8, 4) is 0 Å². The third-order valence-corrected chi connectivity index (χ3v) is 4.26. The molecular weight excluding hydrogens is 288 g/mol. The van der Waals surface area contributed by atoms with Crippen molar-refractivity contribution in [2.45, 2.75) is 38.1 Å². The van der Waals surface area contributed by atoms with Gasteiger partial charge in [0, 0.05) is 0 Å². The van der Waals surface area contributed by atoms with Crippen LogP contribution >= 0.6 is 0 Å². The summed E-state index contributed by atoms with van der Waals surface area (Å²) in [6.07, 6.45) is 1.54. The molecule has 21 heavy (non-hydrogen) atoms. The molecule has 2 atom stereocenters. The zero-order valence-electron chi connectivity index (χ0n) is 12.6. The van der Waals surface area contributed by atoms with E-state index in [4.69, 9.17) is 0 Å². The summed E-state index contributed by atoms with van der Waals surface area (Å²) in [5, 5.41) is 2.48. The molecule has 0 aromatic heterocycles. The largest absolute Gasteiger partial charge is 0.348 e. The van der Waals surface area contributed by atoms with Gasteiger partial charge in [-0.1, -0.05) is 32.9 Å². The van der Waals surface area contributed by atoms with Crippen molar-refractivity contribution >= 4 is 23.2 Å². The summed E-state index contributed by atoms with van der Waals surface area (Å²) < 4.78 is 15.1. The van der Waals surface area contributed by atoms with Crippen molar-refractivity contribution in [1.82, 2.24) is 10.0 Å². The van der Waals surface area contributed by atoms with Crippen molar-refractivity contribution in [3.05, 3.63) is 29.8 Å². The number of hydrogen-bond acceptors (Lipinski definition) is 3. The molecule has 0 heterocycles. The third-order valence-electron chi connectivity index (χ3n) is 3.09. The smallest absolute Gasteiger partial charge is 0.238 e. The van der Waals surface area contributed by atoms with Gasteiger partial charge in [-0.15, -0.1) is 0 Å². The molecule has 116 valence electrons. The van der Waals surface area contributed by atoms with Gasteiger partial charge in [-0.25, -0.2) is 8.93 Å². The average molecular weight is 310 g/mol. The van der Waals surface area contributed by atoms with Crippen LogP contribution in [0.4, 0.5) is 0 Å². The zero-order chi connectivity index (χ0) is 15.8. The first-order valence-electron chi connectivity index (χ1n) is 6.97. The highest BCUT2D eigenvalue weighted by atomic mass is 32.2. The normalized spacial score (nSPS) is 13.7. The van der Waals surface area contributed by atoms with Crippen LogP contribution in [-0.4, -0.2) is 29.0 Å². The maximum absolute atomic E-state index is 12.3. The van der Waals surface area contributed by atoms with Crippen LogP contribution in [0.2, 0.25) is 0 Å². The Kier molecular flexibility index (Phi) is 7.25. The number of benzene rings is 1. The molecule has 0 aliphatic heterocycles. The number of amides is 1. The second kappa shape index (κ2) is 8.69. The fourth-order valence-corrected chi connectivity index (χ4v) is 2.91. The number of rotatable bonds is 8. The number of aryl methyl sites for hydroxylation is 1. The van der Waals surface area contributed by atoms with Crippen LogP contribution < -0.4 is 10.0 Å². The van der Waals surface area contributed by atoms with Crippen LogP contribution in [0, 0.1) is 5.92 Å². The van der Waals surface area contributed by atoms with Crippen molar-refractivity contribution in [3.63, 3.8) is 0 Å². The molecule has 0 saturated carbocycles. The Morgan fingerprint density at radius 3 is 2.38 bits per heavy atom. The highest BCUT2D eigenvalue weighted by molar-refractivity contribution is 7.83. The first-order chi connectivity index (χ1) is 9.99. The van der Waals surface area contributed by atoms with Crippen LogP contribution in [0.5, 0.6) is 0 Å². The van der Waals surface area contributed by atoms with Gasteiger partial charge in [-0.05, 0) is 30.0 Å². The Hall–Kier alpha value is -1.53. The Morgan fingerprint density at radius 2 is 1.90 bits per heavy atom. The van der Waals surface area contributed by atoms with Crippen molar-refractivity contribution in [2.75, 3.05) is 6.54 Å². The lowest BCUT2D eigenvalue weighted by molar-refractivity contribution is -0.124. The summed E-state index contributed by atoms with van der Waals surface area (Å²) >= 11 is 0. The third kappa shape index (κ3) is 5.40. The molecule has 1 aromatic rings. The second-order valence-corrected chi connectivity index (χ2v) is 6.26. The molecule has 2 N–H and O–H groups in total. The molecule has 0 spiro atoms. The molecule has 0 fully saturated rings. The van der Waals surface area contributed by atoms with E-state index < -0.39 is 17.0 Å². The van der Waals surface area contributed by atoms with Crippen LogP contribution in [0.3, 0.4) is 0 Å². The topological polar surface area (TPSA) is 75.3 Å². The first-order valence-corrected chi connectivity index (χ1v) is 8.12. The van der Waals surface area contributed by atoms with E-state index >= 15 is 0 Å². The molecule has 0 bridgehead atoms.